The van der Waals surface area contributed by atoms with Crippen molar-refractivity contribution in [3.05, 3.63) is 23.3 Å². The predicted molar refractivity (Wildman–Crippen MR) is 97.7 cm³/mol. The molecule has 7 nitrogen and oxygen atoms in total. The molecular weight excluding hydrogens is 362 g/mol. The molecule has 0 spiro atoms. The third-order valence-corrected chi connectivity index (χ3v) is 7.35. The summed E-state index contributed by atoms with van der Waals surface area (Å²) < 4.78 is 37.4. The van der Waals surface area contributed by atoms with Crippen LogP contribution in [0.25, 0.3) is 0 Å². The molecular formula is C16H23N3O4S2. The van der Waals surface area contributed by atoms with E-state index in [2.05, 4.69) is 4.99 Å². The minimum Gasteiger partial charge on any atom is -0.370 e. The first-order chi connectivity index (χ1) is 11.6. The Labute approximate surface area is 150 Å². The van der Waals surface area contributed by atoms with Crippen LogP contribution < -0.4 is 11.5 Å². The zero-order valence-corrected chi connectivity index (χ0v) is 16.0. The van der Waals surface area contributed by atoms with Gasteiger partial charge in [0.2, 0.25) is 0 Å². The van der Waals surface area contributed by atoms with E-state index in [0.29, 0.717) is 12.0 Å². The second-order valence-corrected chi connectivity index (χ2v) is 9.81. The van der Waals surface area contributed by atoms with Gasteiger partial charge in [-0.25, -0.2) is 8.42 Å². The van der Waals surface area contributed by atoms with E-state index >= 15 is 0 Å². The van der Waals surface area contributed by atoms with Crippen molar-refractivity contribution < 1.29 is 17.4 Å². The Balaban J connectivity index is 2.65. The summed E-state index contributed by atoms with van der Waals surface area (Å²) in [6.45, 7) is 1.82. The number of carbonyl (C=O) groups excluding carboxylic acids is 1. The second-order valence-electron chi connectivity index (χ2n) is 6.13. The van der Waals surface area contributed by atoms with Gasteiger partial charge in [-0.2, -0.15) is 4.99 Å². The molecule has 25 heavy (non-hydrogen) atoms. The van der Waals surface area contributed by atoms with E-state index in [1.165, 1.54) is 6.07 Å². The van der Waals surface area contributed by atoms with Crippen LogP contribution in [0.15, 0.2) is 26.9 Å². The van der Waals surface area contributed by atoms with Gasteiger partial charge in [-0.15, -0.1) is 0 Å². The highest BCUT2D eigenvalue weighted by Gasteiger charge is 2.29. The number of aryl methyl sites for hydroxylation is 1. The molecule has 2 rings (SSSR count). The monoisotopic (exact) mass is 385 g/mol. The molecule has 0 aliphatic heterocycles. The molecule has 1 aromatic carbocycles. The van der Waals surface area contributed by atoms with Gasteiger partial charge in [0, 0.05) is 17.1 Å². The summed E-state index contributed by atoms with van der Waals surface area (Å²) in [7, 11) is -5.11. The van der Waals surface area contributed by atoms with Crippen LogP contribution >= 0.6 is 0 Å². The summed E-state index contributed by atoms with van der Waals surface area (Å²) in [6.07, 6.45) is 5.11. The number of carbonyl (C=O) groups is 1. The quantitative estimate of drug-likeness (QED) is 0.576. The molecule has 9 heteroatoms. The maximum absolute atomic E-state index is 12.9. The van der Waals surface area contributed by atoms with Gasteiger partial charge >= 0.3 is 0 Å². The van der Waals surface area contributed by atoms with Gasteiger partial charge in [0.25, 0.3) is 5.91 Å². The number of nitrogens with zero attached hydrogens (tertiary/aromatic N) is 1. The van der Waals surface area contributed by atoms with E-state index < -0.39 is 32.5 Å². The van der Waals surface area contributed by atoms with Crippen molar-refractivity contribution in [2.75, 3.05) is 6.26 Å². The molecule has 1 unspecified atom stereocenters. The largest absolute Gasteiger partial charge is 0.370 e. The second kappa shape index (κ2) is 7.65. The lowest BCUT2D eigenvalue weighted by Crippen LogP contribution is -2.24. The first kappa shape index (κ1) is 19.6. The molecule has 1 fully saturated rings. The van der Waals surface area contributed by atoms with Crippen molar-refractivity contribution in [3.63, 3.8) is 0 Å². The lowest BCUT2D eigenvalue weighted by Gasteiger charge is -2.16. The minimum absolute atomic E-state index is 0.0514. The molecule has 138 valence electrons. The molecule has 1 aromatic rings. The maximum atomic E-state index is 12.9. The van der Waals surface area contributed by atoms with Crippen molar-refractivity contribution in [1.29, 1.82) is 0 Å². The Morgan fingerprint density at radius 3 is 2.36 bits per heavy atom. The summed E-state index contributed by atoms with van der Waals surface area (Å²) in [5.74, 6) is -1.11. The third kappa shape index (κ3) is 4.46. The van der Waals surface area contributed by atoms with Crippen molar-refractivity contribution in [3.8, 4) is 0 Å². The molecule has 0 aromatic heterocycles. The van der Waals surface area contributed by atoms with Crippen LogP contribution in [0.3, 0.4) is 0 Å². The van der Waals surface area contributed by atoms with Gasteiger partial charge in [-0.3, -0.25) is 9.00 Å². The Hall–Kier alpha value is -1.74. The fraction of sp³-hybridized carbons (Fsp3) is 0.500. The number of benzene rings is 1. The Morgan fingerprint density at radius 1 is 1.28 bits per heavy atom. The highest BCUT2D eigenvalue weighted by molar-refractivity contribution is 7.92. The van der Waals surface area contributed by atoms with E-state index in [1.54, 1.807) is 6.07 Å². The van der Waals surface area contributed by atoms with Crippen molar-refractivity contribution in [1.82, 2.24) is 0 Å². The molecule has 1 aliphatic carbocycles. The number of amides is 1. The van der Waals surface area contributed by atoms with Crippen LogP contribution in [0.4, 0.5) is 0 Å². The highest BCUT2D eigenvalue weighted by Crippen LogP contribution is 2.32. The number of rotatable bonds is 5. The SMILES string of the molecule is CCc1cc(S(=O)C2CCCC2)c(S(C)(=O)=O)cc1C(=O)N=C(N)N. The molecule has 1 saturated carbocycles. The fourth-order valence-corrected chi connectivity index (χ4v) is 6.09. The van der Waals surface area contributed by atoms with Gasteiger partial charge in [0.05, 0.1) is 20.6 Å². The van der Waals surface area contributed by atoms with E-state index in [4.69, 9.17) is 11.5 Å². The van der Waals surface area contributed by atoms with Crippen LogP contribution in [0, 0.1) is 0 Å². The molecule has 1 atom stereocenters. The Kier molecular flexibility index (Phi) is 5.99. The molecule has 0 heterocycles. The molecule has 1 aliphatic rings. The number of hydrogen-bond donors (Lipinski definition) is 2. The zero-order chi connectivity index (χ0) is 18.8. The molecule has 0 saturated heterocycles. The minimum atomic E-state index is -3.67. The average Bonchev–Trinajstić information content (AvgIpc) is 3.05. The summed E-state index contributed by atoms with van der Waals surface area (Å²) in [4.78, 5) is 15.9. The van der Waals surface area contributed by atoms with Gasteiger partial charge in [-0.1, -0.05) is 19.8 Å². The lowest BCUT2D eigenvalue weighted by molar-refractivity contribution is 0.100. The van der Waals surface area contributed by atoms with Gasteiger partial charge in [0.15, 0.2) is 15.8 Å². The van der Waals surface area contributed by atoms with Crippen LogP contribution in [0.1, 0.15) is 48.5 Å². The fourth-order valence-electron chi connectivity index (χ4n) is 3.00. The predicted octanol–water partition coefficient (Wildman–Crippen LogP) is 1.12. The topological polar surface area (TPSA) is 133 Å². The first-order valence-electron chi connectivity index (χ1n) is 8.06. The van der Waals surface area contributed by atoms with Crippen molar-refractivity contribution in [2.45, 2.75) is 54.1 Å². The molecule has 0 radical (unpaired) electrons. The van der Waals surface area contributed by atoms with Crippen LogP contribution in [-0.4, -0.2) is 36.0 Å². The van der Waals surface area contributed by atoms with Crippen LogP contribution in [0.5, 0.6) is 0 Å². The van der Waals surface area contributed by atoms with Crippen LogP contribution in [-0.2, 0) is 27.1 Å². The van der Waals surface area contributed by atoms with Crippen molar-refractivity contribution in [2.24, 2.45) is 16.5 Å². The summed E-state index contributed by atoms with van der Waals surface area (Å²) in [6, 6.07) is 2.81. The Bertz CT molecular complexity index is 837. The molecule has 1 amide bonds. The number of aliphatic imine (C=N–C) groups is 1. The number of sulfone groups is 1. The third-order valence-electron chi connectivity index (χ3n) is 4.23. The van der Waals surface area contributed by atoms with E-state index in [1.807, 2.05) is 6.92 Å². The number of hydrogen-bond acceptors (Lipinski definition) is 4. The zero-order valence-electron chi connectivity index (χ0n) is 14.3. The van der Waals surface area contributed by atoms with E-state index in [0.717, 1.165) is 31.9 Å². The van der Waals surface area contributed by atoms with Gasteiger partial charge < -0.3 is 11.5 Å². The summed E-state index contributed by atoms with van der Waals surface area (Å²) in [5.41, 5.74) is 11.2. The maximum Gasteiger partial charge on any atom is 0.280 e. The first-order valence-corrected chi connectivity index (χ1v) is 11.2. The van der Waals surface area contributed by atoms with Gasteiger partial charge in [-0.05, 0) is 37.0 Å². The smallest absolute Gasteiger partial charge is 0.280 e. The summed E-state index contributed by atoms with van der Waals surface area (Å²) >= 11 is 0. The number of nitrogens with two attached hydrogens (primary N) is 2. The average molecular weight is 386 g/mol. The van der Waals surface area contributed by atoms with E-state index in [-0.39, 0.29) is 20.6 Å². The highest BCUT2D eigenvalue weighted by atomic mass is 32.2. The normalized spacial score (nSPS) is 16.6. The summed E-state index contributed by atoms with van der Waals surface area (Å²) in [5, 5.41) is -0.0514. The number of guanidine groups is 1. The van der Waals surface area contributed by atoms with E-state index in [9.17, 15) is 17.4 Å². The molecule has 0 bridgehead atoms. The van der Waals surface area contributed by atoms with Gasteiger partial charge in [0.1, 0.15) is 0 Å². The lowest BCUT2D eigenvalue weighted by atomic mass is 10.0. The molecule has 4 N–H and O–H groups in total. The van der Waals surface area contributed by atoms with Crippen LogP contribution in [0.2, 0.25) is 0 Å². The van der Waals surface area contributed by atoms with Crippen molar-refractivity contribution >= 4 is 32.5 Å². The standard InChI is InChI=1S/C16H23N3O4S2/c1-3-10-8-13(24(21)11-6-4-5-7-11)14(25(2,22)23)9-12(10)15(20)19-16(17)18/h8-9,11H,3-7H2,1-2H3,(H4,17,18,19,20). The Morgan fingerprint density at radius 2 is 1.88 bits per heavy atom.